The molecule has 14 heavy (non-hydrogen) atoms. The van der Waals surface area contributed by atoms with Gasteiger partial charge in [0.1, 0.15) is 0 Å². The molecule has 1 saturated carbocycles. The third-order valence-corrected chi connectivity index (χ3v) is 2.73. The van der Waals surface area contributed by atoms with Crippen LogP contribution in [0, 0.1) is 5.92 Å². The molecule has 0 bridgehead atoms. The van der Waals surface area contributed by atoms with Gasteiger partial charge in [0.15, 0.2) is 0 Å². The van der Waals surface area contributed by atoms with Gasteiger partial charge in [-0.1, -0.05) is 19.8 Å². The molecule has 1 rings (SSSR count). The van der Waals surface area contributed by atoms with Crippen molar-refractivity contribution in [3.63, 3.8) is 0 Å². The van der Waals surface area contributed by atoms with Crippen LogP contribution in [0.25, 0.3) is 0 Å². The summed E-state index contributed by atoms with van der Waals surface area (Å²) in [7, 11) is 0. The highest BCUT2D eigenvalue weighted by Gasteiger charge is 2.32. The van der Waals surface area contributed by atoms with E-state index in [0.717, 1.165) is 13.0 Å². The molecule has 0 unspecified atom stereocenters. The number of hydrogen-bond donors (Lipinski definition) is 3. The van der Waals surface area contributed by atoms with Gasteiger partial charge in [0.2, 0.25) is 0 Å². The normalized spacial score (nSPS) is 23.1. The van der Waals surface area contributed by atoms with Crippen LogP contribution in [0.15, 0.2) is 0 Å². The van der Waals surface area contributed by atoms with Crippen molar-refractivity contribution in [2.45, 2.75) is 51.2 Å². The molecule has 84 valence electrons. The number of hydrogen-bond acceptors (Lipinski definition) is 3. The minimum atomic E-state index is -0.685. The fraction of sp³-hybridized carbons (Fsp3) is 1.00. The van der Waals surface area contributed by atoms with Crippen molar-refractivity contribution >= 4 is 0 Å². The van der Waals surface area contributed by atoms with Gasteiger partial charge in [0.25, 0.3) is 0 Å². The maximum atomic E-state index is 10.0. The molecule has 0 heterocycles. The summed E-state index contributed by atoms with van der Waals surface area (Å²) in [6.45, 7) is 5.29. The van der Waals surface area contributed by atoms with E-state index in [1.54, 1.807) is 0 Å². The van der Waals surface area contributed by atoms with Crippen LogP contribution in [-0.4, -0.2) is 35.0 Å². The summed E-state index contributed by atoms with van der Waals surface area (Å²) in [6, 6.07) is 0. The zero-order valence-corrected chi connectivity index (χ0v) is 9.29. The molecule has 0 aromatic heterocycles. The lowest BCUT2D eigenvalue weighted by atomic mass is 9.92. The van der Waals surface area contributed by atoms with Gasteiger partial charge in [-0.25, -0.2) is 0 Å². The molecule has 3 heteroatoms. The quantitative estimate of drug-likeness (QED) is 0.573. The molecular weight excluding hydrogens is 178 g/mol. The molecule has 2 atom stereocenters. The Labute approximate surface area is 86.5 Å². The van der Waals surface area contributed by atoms with Crippen molar-refractivity contribution in [2.24, 2.45) is 5.92 Å². The van der Waals surface area contributed by atoms with Crippen molar-refractivity contribution in [2.75, 3.05) is 13.1 Å². The van der Waals surface area contributed by atoms with E-state index in [9.17, 15) is 10.2 Å². The molecule has 0 amide bonds. The Hall–Kier alpha value is -0.120. The molecule has 1 aliphatic carbocycles. The Morgan fingerprint density at radius 2 is 2.14 bits per heavy atom. The first-order valence-corrected chi connectivity index (χ1v) is 5.64. The fourth-order valence-electron chi connectivity index (χ4n) is 1.92. The molecule has 0 radical (unpaired) electrons. The first kappa shape index (κ1) is 12.0. The molecule has 3 nitrogen and oxygen atoms in total. The molecule has 0 aliphatic heterocycles. The summed E-state index contributed by atoms with van der Waals surface area (Å²) >= 11 is 0. The molecule has 3 N–H and O–H groups in total. The second-order valence-electron chi connectivity index (χ2n) is 4.81. The predicted octanol–water partition coefficient (Wildman–Crippen LogP) is 0.898. The van der Waals surface area contributed by atoms with Crippen LogP contribution >= 0.6 is 0 Å². The second-order valence-corrected chi connectivity index (χ2v) is 4.81. The molecule has 0 aromatic rings. The summed E-state index contributed by atoms with van der Waals surface area (Å²) in [6.07, 6.45) is 3.40. The van der Waals surface area contributed by atoms with E-state index in [-0.39, 0.29) is 0 Å². The van der Waals surface area contributed by atoms with Gasteiger partial charge in [-0.15, -0.1) is 0 Å². The zero-order chi connectivity index (χ0) is 10.6. The molecule has 0 spiro atoms. The van der Waals surface area contributed by atoms with E-state index < -0.39 is 11.7 Å². The summed E-state index contributed by atoms with van der Waals surface area (Å²) < 4.78 is 0. The minimum absolute atomic E-state index is 0.427. The molecule has 0 saturated heterocycles. The summed E-state index contributed by atoms with van der Waals surface area (Å²) in [5.74, 6) is 0.705. The van der Waals surface area contributed by atoms with Gasteiger partial charge in [0.05, 0.1) is 11.7 Å². The van der Waals surface area contributed by atoms with E-state index in [0.29, 0.717) is 18.9 Å². The van der Waals surface area contributed by atoms with Crippen LogP contribution in [0.1, 0.15) is 39.5 Å². The highest BCUT2D eigenvalue weighted by molar-refractivity contribution is 4.85. The number of nitrogens with one attached hydrogen (secondary N) is 1. The second kappa shape index (κ2) is 5.10. The molecule has 0 aromatic carbocycles. The predicted molar refractivity (Wildman–Crippen MR) is 57.1 cm³/mol. The fourth-order valence-corrected chi connectivity index (χ4v) is 1.92. The van der Waals surface area contributed by atoms with Crippen molar-refractivity contribution in [3.05, 3.63) is 0 Å². The van der Waals surface area contributed by atoms with Crippen LogP contribution < -0.4 is 5.32 Å². The van der Waals surface area contributed by atoms with Gasteiger partial charge in [0, 0.05) is 13.0 Å². The van der Waals surface area contributed by atoms with Crippen LogP contribution in [0.5, 0.6) is 0 Å². The number of aliphatic hydroxyl groups excluding tert-OH is 1. The highest BCUT2D eigenvalue weighted by atomic mass is 16.3. The minimum Gasteiger partial charge on any atom is -0.392 e. The van der Waals surface area contributed by atoms with Crippen molar-refractivity contribution in [3.8, 4) is 0 Å². The maximum Gasteiger partial charge on any atom is 0.0691 e. The van der Waals surface area contributed by atoms with Gasteiger partial charge >= 0.3 is 0 Å². The lowest BCUT2D eigenvalue weighted by Gasteiger charge is -2.26. The molecule has 1 aliphatic rings. The number of rotatable bonds is 7. The zero-order valence-electron chi connectivity index (χ0n) is 9.29. The van der Waals surface area contributed by atoms with Crippen LogP contribution in [-0.2, 0) is 0 Å². The topological polar surface area (TPSA) is 52.5 Å². The largest absolute Gasteiger partial charge is 0.392 e. The number of likely N-dealkylation sites (N-methyl/N-ethyl adjacent to an activating group) is 1. The van der Waals surface area contributed by atoms with Gasteiger partial charge < -0.3 is 15.5 Å². The van der Waals surface area contributed by atoms with Crippen molar-refractivity contribution in [1.82, 2.24) is 5.32 Å². The standard InChI is InChI=1S/C11H23NO2/c1-3-12-8-10(13)7-11(2,14)6-9-4-5-9/h9-10,12-14H,3-8H2,1-2H3/t10-,11+/m1/s1. The lowest BCUT2D eigenvalue weighted by molar-refractivity contribution is -0.00589. The Morgan fingerprint density at radius 1 is 1.50 bits per heavy atom. The van der Waals surface area contributed by atoms with Crippen LogP contribution in [0.4, 0.5) is 0 Å². The van der Waals surface area contributed by atoms with Gasteiger partial charge in [-0.2, -0.15) is 0 Å². The Bertz CT molecular complexity index is 167. The van der Waals surface area contributed by atoms with E-state index in [1.165, 1.54) is 12.8 Å². The Morgan fingerprint density at radius 3 is 2.64 bits per heavy atom. The van der Waals surface area contributed by atoms with Crippen molar-refractivity contribution in [1.29, 1.82) is 0 Å². The average molecular weight is 201 g/mol. The molecular formula is C11H23NO2. The van der Waals surface area contributed by atoms with Gasteiger partial charge in [-0.3, -0.25) is 0 Å². The maximum absolute atomic E-state index is 10.0. The van der Waals surface area contributed by atoms with E-state index in [2.05, 4.69) is 5.32 Å². The van der Waals surface area contributed by atoms with Crippen molar-refractivity contribution < 1.29 is 10.2 Å². The first-order chi connectivity index (χ1) is 6.53. The SMILES string of the molecule is CCNC[C@H](O)C[C@@](C)(O)CC1CC1. The van der Waals surface area contributed by atoms with E-state index in [1.807, 2.05) is 13.8 Å². The van der Waals surface area contributed by atoms with Gasteiger partial charge in [-0.05, 0) is 25.8 Å². The monoisotopic (exact) mass is 201 g/mol. The third kappa shape index (κ3) is 4.94. The lowest BCUT2D eigenvalue weighted by Crippen LogP contribution is -2.36. The third-order valence-electron chi connectivity index (χ3n) is 2.73. The molecule has 1 fully saturated rings. The van der Waals surface area contributed by atoms with E-state index >= 15 is 0 Å². The Balaban J connectivity index is 2.18. The van der Waals surface area contributed by atoms with E-state index in [4.69, 9.17) is 0 Å². The average Bonchev–Trinajstić information content (AvgIpc) is 2.82. The summed E-state index contributed by atoms with van der Waals surface area (Å²) in [5.41, 5.74) is -0.685. The summed E-state index contributed by atoms with van der Waals surface area (Å²) in [4.78, 5) is 0. The smallest absolute Gasteiger partial charge is 0.0691 e. The summed E-state index contributed by atoms with van der Waals surface area (Å²) in [5, 5.41) is 22.7. The Kier molecular flexibility index (Phi) is 4.35. The first-order valence-electron chi connectivity index (χ1n) is 5.64. The van der Waals surface area contributed by atoms with Crippen LogP contribution in [0.3, 0.4) is 0 Å². The van der Waals surface area contributed by atoms with Crippen LogP contribution in [0.2, 0.25) is 0 Å². The number of aliphatic hydroxyl groups is 2. The highest BCUT2D eigenvalue weighted by Crippen LogP contribution is 2.38.